The van der Waals surface area contributed by atoms with Crippen LogP contribution < -0.4 is 5.32 Å². The highest BCUT2D eigenvalue weighted by molar-refractivity contribution is 5.75. The molecule has 0 aliphatic rings. The second kappa shape index (κ2) is 7.31. The van der Waals surface area contributed by atoms with Crippen molar-refractivity contribution in [2.75, 3.05) is 19.8 Å². The average molecular weight is 269 g/mol. The predicted molar refractivity (Wildman–Crippen MR) is 71.8 cm³/mol. The predicted octanol–water partition coefficient (Wildman–Crippen LogP) is 1.73. The van der Waals surface area contributed by atoms with E-state index in [0.717, 1.165) is 5.76 Å². The van der Waals surface area contributed by atoms with Crippen LogP contribution >= 0.6 is 0 Å². The topological polar surface area (TPSA) is 71.7 Å². The number of furan rings is 1. The molecule has 0 aliphatic heterocycles. The lowest BCUT2D eigenvalue weighted by molar-refractivity contribution is -0.122. The van der Waals surface area contributed by atoms with Crippen LogP contribution in [-0.4, -0.2) is 30.8 Å². The maximum Gasteiger partial charge on any atom is 0.220 e. The molecule has 0 aromatic carbocycles. The van der Waals surface area contributed by atoms with Crippen LogP contribution in [0, 0.1) is 6.92 Å². The second-order valence-corrected chi connectivity index (χ2v) is 4.76. The summed E-state index contributed by atoms with van der Waals surface area (Å²) in [6.07, 6.45) is 1.08. The van der Waals surface area contributed by atoms with Gasteiger partial charge in [0, 0.05) is 19.6 Å². The van der Waals surface area contributed by atoms with Crippen LogP contribution in [0.4, 0.5) is 0 Å². The molecule has 1 aromatic rings. The van der Waals surface area contributed by atoms with E-state index in [9.17, 15) is 9.90 Å². The quantitative estimate of drug-likeness (QED) is 0.705. The molecule has 0 fully saturated rings. The fraction of sp³-hybridized carbons (Fsp3) is 0.643. The van der Waals surface area contributed by atoms with Crippen LogP contribution in [-0.2, 0) is 15.1 Å². The minimum absolute atomic E-state index is 0.0942. The molecule has 0 aliphatic carbocycles. The molecule has 19 heavy (non-hydrogen) atoms. The van der Waals surface area contributed by atoms with Crippen LogP contribution in [0.1, 0.15) is 38.2 Å². The van der Waals surface area contributed by atoms with Gasteiger partial charge in [-0.15, -0.1) is 0 Å². The molecule has 5 nitrogen and oxygen atoms in total. The summed E-state index contributed by atoms with van der Waals surface area (Å²) in [5, 5.41) is 12.9. The number of hydrogen-bond acceptors (Lipinski definition) is 4. The molecule has 1 unspecified atom stereocenters. The third kappa shape index (κ3) is 5.44. The van der Waals surface area contributed by atoms with E-state index in [1.165, 1.54) is 0 Å². The molecule has 1 atom stereocenters. The third-order valence-electron chi connectivity index (χ3n) is 2.80. The number of nitrogens with one attached hydrogen (secondary N) is 1. The normalized spacial score (nSPS) is 14.1. The molecule has 0 spiro atoms. The van der Waals surface area contributed by atoms with Crippen molar-refractivity contribution in [2.45, 2.75) is 39.2 Å². The molecule has 0 saturated heterocycles. The molecule has 1 rings (SSSR count). The minimum atomic E-state index is -1.19. The van der Waals surface area contributed by atoms with Gasteiger partial charge in [-0.05, 0) is 39.3 Å². The average Bonchev–Trinajstić information content (AvgIpc) is 2.80. The number of ether oxygens (including phenoxy) is 1. The Balaban J connectivity index is 2.32. The van der Waals surface area contributed by atoms with Gasteiger partial charge in [0.1, 0.15) is 17.1 Å². The van der Waals surface area contributed by atoms with Gasteiger partial charge in [0.15, 0.2) is 0 Å². The zero-order valence-corrected chi connectivity index (χ0v) is 11.9. The van der Waals surface area contributed by atoms with Crippen LogP contribution in [0.3, 0.4) is 0 Å². The number of aliphatic hydroxyl groups is 1. The summed E-state index contributed by atoms with van der Waals surface area (Å²) in [6.45, 7) is 6.72. The van der Waals surface area contributed by atoms with E-state index in [1.807, 2.05) is 13.8 Å². The minimum Gasteiger partial charge on any atom is -0.463 e. The van der Waals surface area contributed by atoms with Crippen molar-refractivity contribution in [2.24, 2.45) is 0 Å². The fourth-order valence-corrected chi connectivity index (χ4v) is 1.65. The van der Waals surface area contributed by atoms with Gasteiger partial charge in [0.05, 0.1) is 6.54 Å². The van der Waals surface area contributed by atoms with E-state index < -0.39 is 5.60 Å². The van der Waals surface area contributed by atoms with E-state index in [4.69, 9.17) is 9.15 Å². The van der Waals surface area contributed by atoms with Crippen molar-refractivity contribution in [3.8, 4) is 0 Å². The van der Waals surface area contributed by atoms with Crippen LogP contribution in [0.5, 0.6) is 0 Å². The van der Waals surface area contributed by atoms with E-state index in [0.29, 0.717) is 31.8 Å². The lowest BCUT2D eigenvalue weighted by atomic mass is 10.0. The molecule has 1 aromatic heterocycles. The Morgan fingerprint density at radius 2 is 2.26 bits per heavy atom. The van der Waals surface area contributed by atoms with Gasteiger partial charge in [0.25, 0.3) is 0 Å². The van der Waals surface area contributed by atoms with E-state index in [1.54, 1.807) is 19.1 Å². The van der Waals surface area contributed by atoms with Crippen LogP contribution in [0.25, 0.3) is 0 Å². The first-order valence-electron chi connectivity index (χ1n) is 6.59. The largest absolute Gasteiger partial charge is 0.463 e. The number of carbonyl (C=O) groups is 1. The molecule has 0 saturated carbocycles. The fourth-order valence-electron chi connectivity index (χ4n) is 1.65. The smallest absolute Gasteiger partial charge is 0.220 e. The molecule has 2 N–H and O–H groups in total. The summed E-state index contributed by atoms with van der Waals surface area (Å²) >= 11 is 0. The summed E-state index contributed by atoms with van der Waals surface area (Å²) in [4.78, 5) is 11.6. The standard InChI is InChI=1S/C14H23NO4/c1-4-18-9-5-6-13(16)15-10-14(3,17)12-8-7-11(2)19-12/h7-8,17H,4-6,9-10H2,1-3H3,(H,15,16). The van der Waals surface area contributed by atoms with Crippen molar-refractivity contribution in [1.82, 2.24) is 5.32 Å². The third-order valence-corrected chi connectivity index (χ3v) is 2.80. The van der Waals surface area contributed by atoms with Gasteiger partial charge < -0.3 is 19.6 Å². The van der Waals surface area contributed by atoms with Crippen molar-refractivity contribution in [3.63, 3.8) is 0 Å². The first-order valence-corrected chi connectivity index (χ1v) is 6.59. The molecule has 1 amide bonds. The Bertz CT molecular complexity index is 398. The van der Waals surface area contributed by atoms with E-state index in [2.05, 4.69) is 5.32 Å². The van der Waals surface area contributed by atoms with Crippen LogP contribution in [0.2, 0.25) is 0 Å². The summed E-state index contributed by atoms with van der Waals surface area (Å²) in [5.41, 5.74) is -1.19. The number of amides is 1. The van der Waals surface area contributed by atoms with Crippen molar-refractivity contribution >= 4 is 5.91 Å². The molecule has 5 heteroatoms. The Kier molecular flexibility index (Phi) is 6.05. The second-order valence-electron chi connectivity index (χ2n) is 4.76. The van der Waals surface area contributed by atoms with Gasteiger partial charge in [0.2, 0.25) is 5.91 Å². The number of carbonyl (C=O) groups excluding carboxylic acids is 1. The van der Waals surface area contributed by atoms with E-state index >= 15 is 0 Å². The maximum atomic E-state index is 11.6. The van der Waals surface area contributed by atoms with Crippen molar-refractivity contribution in [3.05, 3.63) is 23.7 Å². The molecular weight excluding hydrogens is 246 g/mol. The summed E-state index contributed by atoms with van der Waals surface area (Å²) < 4.78 is 10.5. The molecular formula is C14H23NO4. The van der Waals surface area contributed by atoms with Crippen LogP contribution in [0.15, 0.2) is 16.5 Å². The Labute approximate surface area is 113 Å². The Hall–Kier alpha value is -1.33. The van der Waals surface area contributed by atoms with E-state index in [-0.39, 0.29) is 12.5 Å². The Morgan fingerprint density at radius 1 is 1.53 bits per heavy atom. The number of rotatable bonds is 8. The highest BCUT2D eigenvalue weighted by Gasteiger charge is 2.27. The summed E-state index contributed by atoms with van der Waals surface area (Å²) in [6, 6.07) is 3.50. The molecule has 108 valence electrons. The SMILES string of the molecule is CCOCCCC(=O)NCC(C)(O)c1ccc(C)o1. The first kappa shape index (κ1) is 15.7. The lowest BCUT2D eigenvalue weighted by Gasteiger charge is -2.21. The highest BCUT2D eigenvalue weighted by Crippen LogP contribution is 2.21. The molecule has 0 bridgehead atoms. The molecule has 0 radical (unpaired) electrons. The first-order chi connectivity index (χ1) is 8.95. The van der Waals surface area contributed by atoms with Gasteiger partial charge in [-0.1, -0.05) is 0 Å². The number of hydrogen-bond donors (Lipinski definition) is 2. The molecule has 1 heterocycles. The highest BCUT2D eigenvalue weighted by atomic mass is 16.5. The van der Waals surface area contributed by atoms with Gasteiger partial charge in [-0.3, -0.25) is 4.79 Å². The summed E-state index contributed by atoms with van der Waals surface area (Å²) in [7, 11) is 0. The maximum absolute atomic E-state index is 11.6. The zero-order valence-electron chi connectivity index (χ0n) is 11.9. The monoisotopic (exact) mass is 269 g/mol. The van der Waals surface area contributed by atoms with Crippen molar-refractivity contribution < 1.29 is 19.1 Å². The van der Waals surface area contributed by atoms with Gasteiger partial charge in [-0.25, -0.2) is 0 Å². The Morgan fingerprint density at radius 3 is 2.84 bits per heavy atom. The zero-order chi connectivity index (χ0) is 14.3. The van der Waals surface area contributed by atoms with Gasteiger partial charge >= 0.3 is 0 Å². The lowest BCUT2D eigenvalue weighted by Crippen LogP contribution is -2.38. The van der Waals surface area contributed by atoms with Gasteiger partial charge in [-0.2, -0.15) is 0 Å². The summed E-state index contributed by atoms with van der Waals surface area (Å²) in [5.74, 6) is 1.10. The van der Waals surface area contributed by atoms with Crippen molar-refractivity contribution in [1.29, 1.82) is 0 Å². The number of aryl methyl sites for hydroxylation is 1.